The first-order chi connectivity index (χ1) is 18.5. The number of hydrogen-bond acceptors (Lipinski definition) is 6. The second-order valence-corrected chi connectivity index (χ2v) is 10.4. The van der Waals surface area contributed by atoms with Crippen molar-refractivity contribution in [2.75, 3.05) is 5.32 Å². The molecule has 0 radical (unpaired) electrons. The summed E-state index contributed by atoms with van der Waals surface area (Å²) in [6.45, 7) is 4.09. The summed E-state index contributed by atoms with van der Waals surface area (Å²) in [5.41, 5.74) is 4.61. The van der Waals surface area contributed by atoms with Gasteiger partial charge in [-0.15, -0.1) is 11.3 Å². The van der Waals surface area contributed by atoms with Gasteiger partial charge in [0.15, 0.2) is 11.5 Å². The lowest BCUT2D eigenvalue weighted by Gasteiger charge is -2.08. The molecule has 0 atom stereocenters. The van der Waals surface area contributed by atoms with Gasteiger partial charge in [0.1, 0.15) is 11.5 Å². The molecule has 0 aliphatic rings. The van der Waals surface area contributed by atoms with Crippen LogP contribution < -0.4 is 5.32 Å². The molecule has 0 aliphatic heterocycles. The number of H-pyrrole nitrogens is 2. The lowest BCUT2D eigenvalue weighted by Crippen LogP contribution is -2.11. The minimum absolute atomic E-state index is 0.0885. The maximum Gasteiger partial charge on any atom is 0.224 e. The Morgan fingerprint density at radius 2 is 2.03 bits per heavy atom. The van der Waals surface area contributed by atoms with Crippen molar-refractivity contribution in [3.05, 3.63) is 65.7 Å². The lowest BCUT2D eigenvalue weighted by atomic mass is 10.0. The van der Waals surface area contributed by atoms with Crippen LogP contribution in [-0.4, -0.2) is 36.0 Å². The number of aromatic amines is 2. The van der Waals surface area contributed by atoms with Gasteiger partial charge >= 0.3 is 0 Å². The molecule has 0 aliphatic carbocycles. The van der Waals surface area contributed by atoms with E-state index in [1.54, 1.807) is 48.1 Å². The normalized spacial score (nSPS) is 11.4. The number of imidazole rings is 1. The zero-order chi connectivity index (χ0) is 26.2. The molecule has 3 N–H and O–H groups in total. The fourth-order valence-corrected chi connectivity index (χ4v) is 5.39. The molecule has 1 aromatic carbocycles. The number of carbonyl (C=O) groups excluding carboxylic acids is 1. The van der Waals surface area contributed by atoms with Crippen LogP contribution in [0.25, 0.3) is 55.2 Å². The Morgan fingerprint density at radius 3 is 2.84 bits per heavy atom. The largest absolute Gasteiger partial charge is 0.335 e. The van der Waals surface area contributed by atoms with Crippen molar-refractivity contribution in [1.29, 1.82) is 0 Å². The third kappa shape index (κ3) is 4.32. The molecule has 5 aromatic heterocycles. The van der Waals surface area contributed by atoms with E-state index in [1.807, 2.05) is 13.0 Å². The van der Waals surface area contributed by atoms with E-state index in [0.717, 1.165) is 28.8 Å². The van der Waals surface area contributed by atoms with Gasteiger partial charge in [0.05, 0.1) is 28.3 Å². The fraction of sp³-hybridized carbons (Fsp3) is 0.179. The van der Waals surface area contributed by atoms with Gasteiger partial charge in [-0.1, -0.05) is 13.3 Å². The number of aromatic nitrogens is 6. The summed E-state index contributed by atoms with van der Waals surface area (Å²) < 4.78 is 16.1. The van der Waals surface area contributed by atoms with Crippen LogP contribution in [0.15, 0.2) is 55.0 Å². The molecule has 10 heteroatoms. The van der Waals surface area contributed by atoms with Crippen molar-refractivity contribution in [2.24, 2.45) is 0 Å². The number of fused-ring (bicyclic) bond motifs is 2. The fourth-order valence-electron chi connectivity index (χ4n) is 4.49. The maximum absolute atomic E-state index is 16.1. The molecular weight excluding hydrogens is 501 g/mol. The summed E-state index contributed by atoms with van der Waals surface area (Å²) in [7, 11) is 0. The van der Waals surface area contributed by atoms with E-state index in [1.165, 1.54) is 4.88 Å². The van der Waals surface area contributed by atoms with Gasteiger partial charge in [-0.25, -0.2) is 14.4 Å². The van der Waals surface area contributed by atoms with Gasteiger partial charge < -0.3 is 10.3 Å². The van der Waals surface area contributed by atoms with Gasteiger partial charge in [0, 0.05) is 45.3 Å². The van der Waals surface area contributed by atoms with Crippen LogP contribution in [0.2, 0.25) is 0 Å². The van der Waals surface area contributed by atoms with Crippen LogP contribution >= 0.6 is 11.3 Å². The Bertz CT molecular complexity index is 1800. The van der Waals surface area contributed by atoms with Crippen molar-refractivity contribution >= 4 is 45.0 Å². The minimum Gasteiger partial charge on any atom is -0.335 e. The average molecular weight is 526 g/mol. The number of nitrogens with one attached hydrogen (secondary N) is 3. The number of carbonyl (C=O) groups is 1. The van der Waals surface area contributed by atoms with E-state index in [-0.39, 0.29) is 5.91 Å². The Morgan fingerprint density at radius 1 is 1.13 bits per heavy atom. The Hall–Kier alpha value is -4.44. The molecule has 0 saturated carbocycles. The van der Waals surface area contributed by atoms with E-state index in [2.05, 4.69) is 54.5 Å². The highest BCUT2D eigenvalue weighted by atomic mass is 32.1. The van der Waals surface area contributed by atoms with Crippen LogP contribution in [0.4, 0.5) is 10.1 Å². The van der Waals surface area contributed by atoms with E-state index in [4.69, 9.17) is 0 Å². The SMILES string of the molecule is CCCCC(=O)Nc1cncc(-c2ccc3[nH]nc(-c4nc5nccc(-c6ccc(C)s6)c5[nH]4)c3c2F)c1. The minimum atomic E-state index is -0.454. The number of pyridine rings is 2. The van der Waals surface area contributed by atoms with Crippen LogP contribution in [0, 0.1) is 12.7 Å². The predicted molar refractivity (Wildman–Crippen MR) is 148 cm³/mol. The molecule has 0 unspecified atom stereocenters. The monoisotopic (exact) mass is 525 g/mol. The number of thiophene rings is 1. The molecule has 6 rings (SSSR count). The first-order valence-corrected chi connectivity index (χ1v) is 13.2. The second kappa shape index (κ2) is 9.79. The van der Waals surface area contributed by atoms with Crippen molar-refractivity contribution in [1.82, 2.24) is 30.1 Å². The number of anilines is 1. The maximum atomic E-state index is 16.1. The molecular formula is C28H24FN7OS. The van der Waals surface area contributed by atoms with Gasteiger partial charge in [0.2, 0.25) is 5.91 Å². The number of rotatable bonds is 7. The summed E-state index contributed by atoms with van der Waals surface area (Å²) >= 11 is 1.69. The molecule has 1 amide bonds. The first kappa shape index (κ1) is 23.9. The molecule has 5 heterocycles. The summed E-state index contributed by atoms with van der Waals surface area (Å²) in [5.74, 6) is -0.120. The van der Waals surface area contributed by atoms with Gasteiger partial charge in [-0.2, -0.15) is 5.10 Å². The first-order valence-electron chi connectivity index (χ1n) is 12.4. The number of unbranched alkanes of at least 4 members (excludes halogenated alkanes) is 1. The highest BCUT2D eigenvalue weighted by Crippen LogP contribution is 2.36. The van der Waals surface area contributed by atoms with E-state index < -0.39 is 5.82 Å². The topological polar surface area (TPSA) is 112 Å². The molecule has 6 aromatic rings. The van der Waals surface area contributed by atoms with Crippen LogP contribution in [0.5, 0.6) is 0 Å². The molecule has 38 heavy (non-hydrogen) atoms. The number of nitrogens with zero attached hydrogens (tertiary/aromatic N) is 4. The number of halogens is 1. The van der Waals surface area contributed by atoms with E-state index >= 15 is 4.39 Å². The van der Waals surface area contributed by atoms with Crippen molar-refractivity contribution < 1.29 is 9.18 Å². The zero-order valence-corrected chi connectivity index (χ0v) is 21.6. The zero-order valence-electron chi connectivity index (χ0n) is 20.8. The van der Waals surface area contributed by atoms with Crippen LogP contribution in [-0.2, 0) is 4.79 Å². The van der Waals surface area contributed by atoms with Gasteiger partial charge in [-0.05, 0) is 49.7 Å². The predicted octanol–water partition coefficient (Wildman–Crippen LogP) is 6.87. The number of amides is 1. The molecule has 8 nitrogen and oxygen atoms in total. The molecule has 0 saturated heterocycles. The number of benzene rings is 1. The van der Waals surface area contributed by atoms with Crippen molar-refractivity contribution in [3.63, 3.8) is 0 Å². The molecule has 190 valence electrons. The quantitative estimate of drug-likeness (QED) is 0.211. The smallest absolute Gasteiger partial charge is 0.224 e. The highest BCUT2D eigenvalue weighted by Gasteiger charge is 2.21. The third-order valence-corrected chi connectivity index (χ3v) is 7.41. The van der Waals surface area contributed by atoms with E-state index in [9.17, 15) is 4.79 Å². The van der Waals surface area contributed by atoms with Gasteiger partial charge in [-0.3, -0.25) is 14.9 Å². The molecule has 0 fully saturated rings. The summed E-state index contributed by atoms with van der Waals surface area (Å²) in [4.78, 5) is 31.1. The van der Waals surface area contributed by atoms with Crippen molar-refractivity contribution in [2.45, 2.75) is 33.1 Å². The number of aryl methyl sites for hydroxylation is 1. The van der Waals surface area contributed by atoms with E-state index in [0.29, 0.717) is 51.3 Å². The third-order valence-electron chi connectivity index (χ3n) is 6.38. The lowest BCUT2D eigenvalue weighted by molar-refractivity contribution is -0.116. The summed E-state index contributed by atoms with van der Waals surface area (Å²) in [6, 6.07) is 11.3. The van der Waals surface area contributed by atoms with Crippen LogP contribution in [0.1, 0.15) is 31.1 Å². The molecule has 0 spiro atoms. The average Bonchev–Trinajstić information content (AvgIpc) is 3.65. The van der Waals surface area contributed by atoms with Crippen molar-refractivity contribution in [3.8, 4) is 33.1 Å². The standard InChI is InChI=1S/C28H24FN7OS/c1-3-4-5-22(37)32-17-12-16(13-30-14-17)18-7-8-20-23(24(18)29)26(36-35-20)28-33-25-19(10-11-31-27(25)34-28)21-9-6-15(2)38-21/h6-14H,3-5H2,1-2H3,(H,32,37)(H,35,36)(H,31,33,34). The van der Waals surface area contributed by atoms with Crippen LogP contribution in [0.3, 0.4) is 0 Å². The number of hydrogen-bond donors (Lipinski definition) is 3. The molecule has 0 bridgehead atoms. The Labute approximate surface area is 221 Å². The van der Waals surface area contributed by atoms with Gasteiger partial charge in [0.25, 0.3) is 0 Å². The second-order valence-electron chi connectivity index (χ2n) is 9.09. The Kier molecular flexibility index (Phi) is 6.16. The summed E-state index contributed by atoms with van der Waals surface area (Å²) in [6.07, 6.45) is 7.02. The highest BCUT2D eigenvalue weighted by molar-refractivity contribution is 7.15. The summed E-state index contributed by atoms with van der Waals surface area (Å²) in [5, 5.41) is 10.5. The Balaban J connectivity index is 1.41.